The summed E-state index contributed by atoms with van der Waals surface area (Å²) in [6, 6.07) is 13.7. The fraction of sp³-hybridized carbons (Fsp3) is 0.375. The molecule has 0 nitrogen and oxygen atoms in total. The third-order valence-corrected chi connectivity index (χ3v) is 4.53. The fourth-order valence-electron chi connectivity index (χ4n) is 3.89. The molecule has 4 rings (SSSR count). The number of hydrogen-bond donors (Lipinski definition) is 0. The maximum absolute atomic E-state index is 2.36. The van der Waals surface area contributed by atoms with Gasteiger partial charge in [-0.1, -0.05) is 49.2 Å². The fourth-order valence-corrected chi connectivity index (χ4v) is 3.89. The molecule has 2 aliphatic rings. The van der Waals surface area contributed by atoms with E-state index in [9.17, 15) is 0 Å². The van der Waals surface area contributed by atoms with Gasteiger partial charge in [0.25, 0.3) is 0 Å². The molecule has 0 radical (unpaired) electrons. The topological polar surface area (TPSA) is 0 Å². The van der Waals surface area contributed by atoms with Crippen molar-refractivity contribution < 1.29 is 0 Å². The van der Waals surface area contributed by atoms with Crippen LogP contribution in [0.25, 0.3) is 10.8 Å². The third kappa shape index (κ3) is 1.000. The highest BCUT2D eigenvalue weighted by Gasteiger charge is 2.35. The standard InChI is InChI=1S/C16H16/c1-2-8-13-12(7-1)14-9-3-5-11-6-4-10-15(13)16(11)14/h3-6,9-10,12-13H,1-2,7-8H2/t12-,13?/m1/s1. The van der Waals surface area contributed by atoms with Gasteiger partial charge in [-0.05, 0) is 46.6 Å². The van der Waals surface area contributed by atoms with Gasteiger partial charge in [0.15, 0.2) is 0 Å². The van der Waals surface area contributed by atoms with Crippen molar-refractivity contribution in [1.82, 2.24) is 0 Å². The summed E-state index contributed by atoms with van der Waals surface area (Å²) in [5.41, 5.74) is 3.27. The Labute approximate surface area is 96.3 Å². The molecule has 2 aliphatic carbocycles. The molecule has 1 fully saturated rings. The monoisotopic (exact) mass is 208 g/mol. The number of rotatable bonds is 0. The second kappa shape index (κ2) is 3.10. The van der Waals surface area contributed by atoms with E-state index in [-0.39, 0.29) is 0 Å². The van der Waals surface area contributed by atoms with Gasteiger partial charge in [-0.2, -0.15) is 0 Å². The molecule has 2 aromatic carbocycles. The molecule has 0 heterocycles. The highest BCUT2D eigenvalue weighted by atomic mass is 14.4. The molecule has 0 saturated heterocycles. The van der Waals surface area contributed by atoms with Gasteiger partial charge in [-0.3, -0.25) is 0 Å². The predicted molar refractivity (Wildman–Crippen MR) is 67.9 cm³/mol. The zero-order valence-corrected chi connectivity index (χ0v) is 9.45. The van der Waals surface area contributed by atoms with Gasteiger partial charge in [-0.15, -0.1) is 0 Å². The van der Waals surface area contributed by atoms with Gasteiger partial charge >= 0.3 is 0 Å². The molecule has 2 aromatic rings. The molecule has 0 heteroatoms. The maximum Gasteiger partial charge on any atom is -0.00866 e. The molecule has 0 bridgehead atoms. The molecule has 80 valence electrons. The SMILES string of the molecule is c1cc2c3c(cccc3c1)[C@@H]1CCCCC21. The normalized spacial score (nSPS) is 27.0. The minimum Gasteiger partial charge on any atom is -0.0613 e. The van der Waals surface area contributed by atoms with Crippen LogP contribution in [0.3, 0.4) is 0 Å². The Balaban J connectivity index is 2.07. The summed E-state index contributed by atoms with van der Waals surface area (Å²) in [5.74, 6) is 1.66. The predicted octanol–water partition coefficient (Wildman–Crippen LogP) is 4.59. The first-order chi connectivity index (χ1) is 7.95. The quantitative estimate of drug-likeness (QED) is 0.593. The van der Waals surface area contributed by atoms with Crippen molar-refractivity contribution in [2.75, 3.05) is 0 Å². The largest absolute Gasteiger partial charge is 0.0613 e. The van der Waals surface area contributed by atoms with Gasteiger partial charge in [0, 0.05) is 0 Å². The second-order valence-corrected chi connectivity index (χ2v) is 5.29. The first kappa shape index (κ1) is 8.81. The number of benzene rings is 2. The minimum absolute atomic E-state index is 0.829. The zero-order valence-electron chi connectivity index (χ0n) is 9.45. The summed E-state index contributed by atoms with van der Waals surface area (Å²) in [4.78, 5) is 0. The first-order valence-corrected chi connectivity index (χ1v) is 6.47. The molecule has 16 heavy (non-hydrogen) atoms. The summed E-state index contributed by atoms with van der Waals surface area (Å²) in [6.07, 6.45) is 5.65. The smallest absolute Gasteiger partial charge is 0.00866 e. The lowest BCUT2D eigenvalue weighted by Crippen LogP contribution is -2.10. The lowest BCUT2D eigenvalue weighted by Gasteiger charge is -2.26. The van der Waals surface area contributed by atoms with E-state index in [0.717, 1.165) is 11.8 Å². The Hall–Kier alpha value is -1.30. The molecule has 0 spiro atoms. The third-order valence-electron chi connectivity index (χ3n) is 4.53. The number of hydrogen-bond acceptors (Lipinski definition) is 0. The van der Waals surface area contributed by atoms with E-state index in [2.05, 4.69) is 36.4 Å². The lowest BCUT2D eigenvalue weighted by molar-refractivity contribution is 0.400. The summed E-state index contributed by atoms with van der Waals surface area (Å²) in [7, 11) is 0. The molecule has 2 atom stereocenters. The molecule has 0 aliphatic heterocycles. The van der Waals surface area contributed by atoms with Gasteiger partial charge in [0.2, 0.25) is 0 Å². The first-order valence-electron chi connectivity index (χ1n) is 6.47. The van der Waals surface area contributed by atoms with Gasteiger partial charge in [-0.25, -0.2) is 0 Å². The van der Waals surface area contributed by atoms with Crippen molar-refractivity contribution in [2.45, 2.75) is 37.5 Å². The van der Waals surface area contributed by atoms with Crippen LogP contribution in [0.1, 0.15) is 48.6 Å². The van der Waals surface area contributed by atoms with Crippen LogP contribution >= 0.6 is 0 Å². The van der Waals surface area contributed by atoms with E-state index in [4.69, 9.17) is 0 Å². The molecule has 0 N–H and O–H groups in total. The van der Waals surface area contributed by atoms with Crippen LogP contribution in [-0.4, -0.2) is 0 Å². The van der Waals surface area contributed by atoms with Crippen LogP contribution in [0.15, 0.2) is 36.4 Å². The van der Waals surface area contributed by atoms with Crippen LogP contribution in [0.4, 0.5) is 0 Å². The highest BCUT2D eigenvalue weighted by molar-refractivity contribution is 5.92. The Morgan fingerprint density at radius 3 is 1.88 bits per heavy atom. The van der Waals surface area contributed by atoms with Gasteiger partial charge in [0.1, 0.15) is 0 Å². The molecule has 1 unspecified atom stereocenters. The molecular weight excluding hydrogens is 192 g/mol. The zero-order chi connectivity index (χ0) is 10.5. The highest BCUT2D eigenvalue weighted by Crippen LogP contribution is 2.53. The molecule has 1 saturated carbocycles. The van der Waals surface area contributed by atoms with Crippen LogP contribution in [0.5, 0.6) is 0 Å². The van der Waals surface area contributed by atoms with E-state index in [0.29, 0.717) is 0 Å². The van der Waals surface area contributed by atoms with E-state index in [1.807, 2.05) is 0 Å². The van der Waals surface area contributed by atoms with Gasteiger partial charge in [0.05, 0.1) is 0 Å². The van der Waals surface area contributed by atoms with E-state index in [1.54, 1.807) is 16.5 Å². The van der Waals surface area contributed by atoms with Crippen LogP contribution in [-0.2, 0) is 0 Å². The summed E-state index contributed by atoms with van der Waals surface area (Å²) < 4.78 is 0. The minimum atomic E-state index is 0.829. The van der Waals surface area contributed by atoms with Crippen molar-refractivity contribution in [3.05, 3.63) is 47.5 Å². The van der Waals surface area contributed by atoms with Crippen molar-refractivity contribution in [2.24, 2.45) is 0 Å². The Morgan fingerprint density at radius 1 is 0.750 bits per heavy atom. The van der Waals surface area contributed by atoms with Crippen LogP contribution < -0.4 is 0 Å². The van der Waals surface area contributed by atoms with E-state index >= 15 is 0 Å². The molecular formula is C16H16. The van der Waals surface area contributed by atoms with Crippen molar-refractivity contribution >= 4 is 10.8 Å². The molecule has 0 aromatic heterocycles. The Kier molecular flexibility index (Phi) is 1.71. The van der Waals surface area contributed by atoms with E-state index < -0.39 is 0 Å². The van der Waals surface area contributed by atoms with Crippen molar-refractivity contribution in [3.63, 3.8) is 0 Å². The second-order valence-electron chi connectivity index (χ2n) is 5.29. The summed E-state index contributed by atoms with van der Waals surface area (Å²) in [5, 5.41) is 3.03. The lowest BCUT2D eigenvalue weighted by atomic mass is 9.78. The summed E-state index contributed by atoms with van der Waals surface area (Å²) >= 11 is 0. The Morgan fingerprint density at radius 2 is 1.31 bits per heavy atom. The molecule has 0 amide bonds. The van der Waals surface area contributed by atoms with Crippen LogP contribution in [0, 0.1) is 0 Å². The number of fused-ring (bicyclic) bond motifs is 3. The van der Waals surface area contributed by atoms with Crippen molar-refractivity contribution in [3.8, 4) is 0 Å². The van der Waals surface area contributed by atoms with E-state index in [1.165, 1.54) is 31.1 Å². The average molecular weight is 208 g/mol. The maximum atomic E-state index is 2.36. The average Bonchev–Trinajstić information content (AvgIpc) is 2.68. The van der Waals surface area contributed by atoms with Crippen LogP contribution in [0.2, 0.25) is 0 Å². The summed E-state index contributed by atoms with van der Waals surface area (Å²) in [6.45, 7) is 0. The Bertz CT molecular complexity index is 506. The van der Waals surface area contributed by atoms with Crippen molar-refractivity contribution in [1.29, 1.82) is 0 Å². The van der Waals surface area contributed by atoms with Gasteiger partial charge < -0.3 is 0 Å².